The van der Waals surface area contributed by atoms with E-state index in [-0.39, 0.29) is 17.9 Å². The van der Waals surface area contributed by atoms with Gasteiger partial charge in [0.1, 0.15) is 19.0 Å². The minimum Gasteiger partial charge on any atom is -0.497 e. The summed E-state index contributed by atoms with van der Waals surface area (Å²) in [5.41, 5.74) is 4.33. The fraction of sp³-hybridized carbons (Fsp3) is 0.364. The summed E-state index contributed by atoms with van der Waals surface area (Å²) in [6.45, 7) is 2.67. The zero-order valence-electron chi connectivity index (χ0n) is 16.0. The zero-order chi connectivity index (χ0) is 19.3. The highest BCUT2D eigenvalue weighted by molar-refractivity contribution is 6.07. The standard InChI is InChI=1S/C22H22N2O4/c1-13(25)24-22(15-5-8-19-20(11-15)28-10-9-27-19)17-7-4-14-3-6-16(26-2)12-18(14)21(17)23-24/h3,5-6,8,11-12,17,22H,4,7,9-10H2,1-2H3/t17-,22-/m0/s1. The largest absolute Gasteiger partial charge is 0.497 e. The number of hydrogen-bond acceptors (Lipinski definition) is 5. The molecule has 0 fully saturated rings. The lowest BCUT2D eigenvalue weighted by Crippen LogP contribution is -2.31. The summed E-state index contributed by atoms with van der Waals surface area (Å²) in [6.07, 6.45) is 1.90. The van der Waals surface area contributed by atoms with Crippen molar-refractivity contribution in [3.8, 4) is 17.2 Å². The second-order valence-electron chi connectivity index (χ2n) is 7.37. The molecule has 144 valence electrons. The van der Waals surface area contributed by atoms with Gasteiger partial charge in [-0.25, -0.2) is 5.01 Å². The highest BCUT2D eigenvalue weighted by Gasteiger charge is 2.43. The Kier molecular flexibility index (Phi) is 4.00. The van der Waals surface area contributed by atoms with Crippen LogP contribution in [-0.4, -0.2) is 37.0 Å². The first-order valence-corrected chi connectivity index (χ1v) is 9.61. The number of nitrogens with zero attached hydrogens (tertiary/aromatic N) is 2. The molecule has 5 rings (SSSR count). The van der Waals surface area contributed by atoms with Crippen molar-refractivity contribution < 1.29 is 19.0 Å². The van der Waals surface area contributed by atoms with Crippen molar-refractivity contribution in [2.24, 2.45) is 11.0 Å². The molecule has 0 spiro atoms. The van der Waals surface area contributed by atoms with Gasteiger partial charge in [0.2, 0.25) is 5.91 Å². The number of hydrogen-bond donors (Lipinski definition) is 0. The van der Waals surface area contributed by atoms with Gasteiger partial charge in [-0.3, -0.25) is 4.79 Å². The fourth-order valence-corrected chi connectivity index (χ4v) is 4.45. The number of benzene rings is 2. The summed E-state index contributed by atoms with van der Waals surface area (Å²) in [6, 6.07) is 11.9. The summed E-state index contributed by atoms with van der Waals surface area (Å²) >= 11 is 0. The lowest BCUT2D eigenvalue weighted by molar-refractivity contribution is -0.131. The minimum atomic E-state index is -0.136. The quantitative estimate of drug-likeness (QED) is 0.804. The molecule has 0 aromatic heterocycles. The Hall–Kier alpha value is -3.02. The van der Waals surface area contributed by atoms with E-state index in [1.165, 1.54) is 5.56 Å². The third kappa shape index (κ3) is 2.63. The number of ether oxygens (including phenoxy) is 3. The maximum atomic E-state index is 12.4. The second-order valence-corrected chi connectivity index (χ2v) is 7.37. The predicted molar refractivity (Wildman–Crippen MR) is 104 cm³/mol. The van der Waals surface area contributed by atoms with Gasteiger partial charge in [-0.2, -0.15) is 5.10 Å². The van der Waals surface area contributed by atoms with Gasteiger partial charge in [0.05, 0.1) is 18.9 Å². The molecule has 0 saturated carbocycles. The second kappa shape index (κ2) is 6.55. The molecule has 2 aromatic rings. The number of amides is 1. The number of hydrazone groups is 1. The molecule has 28 heavy (non-hydrogen) atoms. The molecule has 6 nitrogen and oxygen atoms in total. The normalized spacial score (nSPS) is 22.2. The first kappa shape index (κ1) is 17.1. The van der Waals surface area contributed by atoms with E-state index >= 15 is 0 Å². The third-order valence-corrected chi connectivity index (χ3v) is 5.76. The molecule has 0 bridgehead atoms. The Morgan fingerprint density at radius 2 is 1.96 bits per heavy atom. The van der Waals surface area contributed by atoms with Crippen LogP contribution in [0.3, 0.4) is 0 Å². The van der Waals surface area contributed by atoms with E-state index in [1.54, 1.807) is 19.0 Å². The van der Waals surface area contributed by atoms with Crippen LogP contribution in [0.5, 0.6) is 17.2 Å². The first-order chi connectivity index (χ1) is 13.7. The van der Waals surface area contributed by atoms with E-state index in [2.05, 4.69) is 6.07 Å². The van der Waals surface area contributed by atoms with Crippen LogP contribution in [0.15, 0.2) is 41.5 Å². The maximum Gasteiger partial charge on any atom is 0.240 e. The van der Waals surface area contributed by atoms with Crippen LogP contribution in [0, 0.1) is 5.92 Å². The molecule has 2 heterocycles. The number of carbonyl (C=O) groups is 1. The smallest absolute Gasteiger partial charge is 0.240 e. The molecular weight excluding hydrogens is 356 g/mol. The van der Waals surface area contributed by atoms with Crippen molar-refractivity contribution in [1.29, 1.82) is 0 Å². The molecule has 3 aliphatic rings. The van der Waals surface area contributed by atoms with Crippen molar-refractivity contribution in [3.05, 3.63) is 53.1 Å². The predicted octanol–water partition coefficient (Wildman–Crippen LogP) is 3.34. The highest BCUT2D eigenvalue weighted by Crippen LogP contribution is 2.45. The van der Waals surface area contributed by atoms with E-state index in [9.17, 15) is 4.79 Å². The third-order valence-electron chi connectivity index (χ3n) is 5.76. The Morgan fingerprint density at radius 3 is 2.75 bits per heavy atom. The van der Waals surface area contributed by atoms with Crippen LogP contribution < -0.4 is 14.2 Å². The Bertz CT molecular complexity index is 984. The van der Waals surface area contributed by atoms with Crippen molar-refractivity contribution >= 4 is 11.6 Å². The molecule has 0 saturated heterocycles. The number of aryl methyl sites for hydroxylation is 1. The van der Waals surface area contributed by atoms with Gasteiger partial charge >= 0.3 is 0 Å². The van der Waals surface area contributed by atoms with Crippen LogP contribution in [-0.2, 0) is 11.2 Å². The Morgan fingerprint density at radius 1 is 1.14 bits per heavy atom. The van der Waals surface area contributed by atoms with Gasteiger partial charge in [0.25, 0.3) is 0 Å². The lowest BCUT2D eigenvalue weighted by Gasteiger charge is -2.30. The monoisotopic (exact) mass is 378 g/mol. The molecular formula is C22H22N2O4. The molecule has 0 unspecified atom stereocenters. The van der Waals surface area contributed by atoms with Gasteiger partial charge in [0, 0.05) is 18.4 Å². The molecule has 1 amide bonds. The summed E-state index contributed by atoms with van der Waals surface area (Å²) in [4.78, 5) is 12.4. The van der Waals surface area contributed by atoms with Gasteiger partial charge < -0.3 is 14.2 Å². The van der Waals surface area contributed by atoms with E-state index in [1.807, 2.05) is 30.3 Å². The first-order valence-electron chi connectivity index (χ1n) is 9.61. The Labute approximate surface area is 163 Å². The summed E-state index contributed by atoms with van der Waals surface area (Å²) in [5.74, 6) is 2.37. The number of carbonyl (C=O) groups excluding carboxylic acids is 1. The molecule has 6 heteroatoms. The van der Waals surface area contributed by atoms with Crippen LogP contribution in [0.4, 0.5) is 0 Å². The fourth-order valence-electron chi connectivity index (χ4n) is 4.45. The van der Waals surface area contributed by atoms with Crippen LogP contribution in [0.25, 0.3) is 0 Å². The molecule has 2 aliphatic heterocycles. The summed E-state index contributed by atoms with van der Waals surface area (Å²) in [5, 5.41) is 6.39. The van der Waals surface area contributed by atoms with Crippen LogP contribution in [0.1, 0.15) is 36.1 Å². The van der Waals surface area contributed by atoms with E-state index in [0.29, 0.717) is 13.2 Å². The number of fused-ring (bicyclic) bond motifs is 4. The van der Waals surface area contributed by atoms with Crippen LogP contribution in [0.2, 0.25) is 0 Å². The molecule has 1 aliphatic carbocycles. The Balaban J connectivity index is 1.58. The van der Waals surface area contributed by atoms with Gasteiger partial charge in [0.15, 0.2) is 11.5 Å². The van der Waals surface area contributed by atoms with Gasteiger partial charge in [-0.05, 0) is 48.2 Å². The molecule has 0 N–H and O–H groups in total. The maximum absolute atomic E-state index is 12.4. The van der Waals surface area contributed by atoms with E-state index < -0.39 is 0 Å². The molecule has 0 radical (unpaired) electrons. The van der Waals surface area contributed by atoms with E-state index in [0.717, 1.165) is 46.9 Å². The number of methoxy groups -OCH3 is 1. The van der Waals surface area contributed by atoms with Crippen molar-refractivity contribution in [2.75, 3.05) is 20.3 Å². The SMILES string of the molecule is COc1ccc2c(c1)C1=NN(C(C)=O)[C@@H](c3ccc4c(c3)OCCO4)[C@H]1CC2. The van der Waals surface area contributed by atoms with Gasteiger partial charge in [-0.15, -0.1) is 0 Å². The van der Waals surface area contributed by atoms with Crippen molar-refractivity contribution in [3.63, 3.8) is 0 Å². The molecule has 2 atom stereocenters. The number of rotatable bonds is 2. The average Bonchev–Trinajstić information content (AvgIpc) is 3.13. The summed E-state index contributed by atoms with van der Waals surface area (Å²) < 4.78 is 16.8. The van der Waals surface area contributed by atoms with Crippen LogP contribution >= 0.6 is 0 Å². The van der Waals surface area contributed by atoms with Crippen molar-refractivity contribution in [1.82, 2.24) is 5.01 Å². The average molecular weight is 378 g/mol. The molecule has 2 aromatic carbocycles. The van der Waals surface area contributed by atoms with Crippen molar-refractivity contribution in [2.45, 2.75) is 25.8 Å². The minimum absolute atomic E-state index is 0.0637. The van der Waals surface area contributed by atoms with Gasteiger partial charge in [-0.1, -0.05) is 12.1 Å². The highest BCUT2D eigenvalue weighted by atomic mass is 16.6. The topological polar surface area (TPSA) is 60.4 Å². The lowest BCUT2D eigenvalue weighted by atomic mass is 9.77. The zero-order valence-corrected chi connectivity index (χ0v) is 16.0. The summed E-state index contributed by atoms with van der Waals surface area (Å²) in [7, 11) is 1.67. The van der Waals surface area contributed by atoms with E-state index in [4.69, 9.17) is 19.3 Å².